The van der Waals surface area contributed by atoms with E-state index in [1.807, 2.05) is 18.2 Å². The van der Waals surface area contributed by atoms with Gasteiger partial charge in [0.25, 0.3) is 6.43 Å². The van der Waals surface area contributed by atoms with Crippen LogP contribution in [0, 0.1) is 0 Å². The molecule has 2 rings (SSSR count). The van der Waals surface area contributed by atoms with Gasteiger partial charge < -0.3 is 0 Å². The molecule has 0 aliphatic carbocycles. The largest absolute Gasteiger partial charge is 0.264 e. The summed E-state index contributed by atoms with van der Waals surface area (Å²) in [5.41, 5.74) is 1.18. The Morgan fingerprint density at radius 3 is 2.35 bits per heavy atom. The number of halogens is 4. The molecule has 0 nitrogen and oxygen atoms in total. The summed E-state index contributed by atoms with van der Waals surface area (Å²) in [6.07, 6.45) is -2.55. The van der Waals surface area contributed by atoms with Crippen molar-refractivity contribution >= 4 is 27.5 Å². The molecule has 0 aliphatic rings. The maximum atomic E-state index is 13.0. The Bertz CT molecular complexity index is 541. The average Bonchev–Trinajstić information content (AvgIpc) is 2.30. The molecule has 2 aromatic carbocycles. The minimum absolute atomic E-state index is 0.0515. The second-order valence-electron chi connectivity index (χ2n) is 3.51. The Kier molecular flexibility index (Phi) is 3.79. The Morgan fingerprint density at radius 2 is 1.71 bits per heavy atom. The van der Waals surface area contributed by atoms with E-state index in [-0.39, 0.29) is 5.56 Å². The van der Waals surface area contributed by atoms with Crippen LogP contribution in [0.4, 0.5) is 8.78 Å². The first-order valence-corrected chi connectivity index (χ1v) is 6.09. The van der Waals surface area contributed by atoms with Crippen molar-refractivity contribution in [2.75, 3.05) is 0 Å². The molecule has 2 aromatic rings. The summed E-state index contributed by atoms with van der Waals surface area (Å²) >= 11 is 9.10. The molecule has 0 aliphatic heterocycles. The lowest BCUT2D eigenvalue weighted by Gasteiger charge is -2.11. The van der Waals surface area contributed by atoms with Crippen LogP contribution in [0.2, 0.25) is 5.02 Å². The van der Waals surface area contributed by atoms with E-state index in [2.05, 4.69) is 15.9 Å². The van der Waals surface area contributed by atoms with E-state index in [0.29, 0.717) is 10.6 Å². The summed E-state index contributed by atoms with van der Waals surface area (Å²) in [6.45, 7) is 0. The highest BCUT2D eigenvalue weighted by atomic mass is 79.9. The zero-order valence-corrected chi connectivity index (χ0v) is 11.0. The van der Waals surface area contributed by atoms with Crippen LogP contribution in [-0.2, 0) is 0 Å². The Hall–Kier alpha value is -0.930. The number of alkyl halides is 2. The quantitative estimate of drug-likeness (QED) is 0.666. The molecule has 0 unspecified atom stereocenters. The van der Waals surface area contributed by atoms with Gasteiger partial charge in [0.05, 0.1) is 0 Å². The van der Waals surface area contributed by atoms with Gasteiger partial charge in [-0.05, 0) is 29.3 Å². The maximum Gasteiger partial charge on any atom is 0.264 e. The molecule has 88 valence electrons. The molecule has 0 fully saturated rings. The molecular formula is C13H8BrClF2. The van der Waals surface area contributed by atoms with Crippen molar-refractivity contribution in [2.45, 2.75) is 6.43 Å². The highest BCUT2D eigenvalue weighted by Crippen LogP contribution is 2.36. The molecule has 0 radical (unpaired) electrons. The Labute approximate surface area is 111 Å². The van der Waals surface area contributed by atoms with Crippen LogP contribution in [-0.4, -0.2) is 0 Å². The van der Waals surface area contributed by atoms with Crippen LogP contribution in [0.15, 0.2) is 46.9 Å². The van der Waals surface area contributed by atoms with E-state index in [0.717, 1.165) is 10.0 Å². The van der Waals surface area contributed by atoms with Gasteiger partial charge in [-0.1, -0.05) is 51.8 Å². The van der Waals surface area contributed by atoms with Crippen LogP contribution >= 0.6 is 27.5 Å². The van der Waals surface area contributed by atoms with Gasteiger partial charge in [0, 0.05) is 15.1 Å². The number of hydrogen-bond acceptors (Lipinski definition) is 0. The van der Waals surface area contributed by atoms with Crippen LogP contribution in [0.1, 0.15) is 12.0 Å². The predicted molar refractivity (Wildman–Crippen MR) is 69.5 cm³/mol. The van der Waals surface area contributed by atoms with E-state index < -0.39 is 6.43 Å². The van der Waals surface area contributed by atoms with Gasteiger partial charge in [-0.3, -0.25) is 0 Å². The summed E-state index contributed by atoms with van der Waals surface area (Å²) in [5.74, 6) is 0. The summed E-state index contributed by atoms with van der Waals surface area (Å²) < 4.78 is 26.7. The predicted octanol–water partition coefficient (Wildman–Crippen LogP) is 5.71. The number of hydrogen-bond donors (Lipinski definition) is 0. The fourth-order valence-electron chi connectivity index (χ4n) is 1.64. The summed E-state index contributed by atoms with van der Waals surface area (Å²) in [5, 5.41) is 0.316. The fraction of sp³-hybridized carbons (Fsp3) is 0.0769. The van der Waals surface area contributed by atoms with E-state index in [9.17, 15) is 8.78 Å². The second kappa shape index (κ2) is 5.15. The highest BCUT2D eigenvalue weighted by molar-refractivity contribution is 9.10. The van der Waals surface area contributed by atoms with Crippen molar-refractivity contribution < 1.29 is 8.78 Å². The minimum Gasteiger partial charge on any atom is -0.205 e. The van der Waals surface area contributed by atoms with Crippen LogP contribution < -0.4 is 0 Å². The van der Waals surface area contributed by atoms with Crippen LogP contribution in [0.5, 0.6) is 0 Å². The van der Waals surface area contributed by atoms with E-state index in [1.165, 1.54) is 6.07 Å². The van der Waals surface area contributed by atoms with Crippen molar-refractivity contribution in [3.8, 4) is 11.1 Å². The molecule has 0 spiro atoms. The molecule has 0 atom stereocenters. The zero-order valence-electron chi connectivity index (χ0n) is 8.63. The molecule has 0 saturated heterocycles. The van der Waals surface area contributed by atoms with Crippen LogP contribution in [0.3, 0.4) is 0 Å². The maximum absolute atomic E-state index is 13.0. The molecule has 0 N–H and O–H groups in total. The van der Waals surface area contributed by atoms with Gasteiger partial charge in [0.2, 0.25) is 0 Å². The third-order valence-electron chi connectivity index (χ3n) is 2.41. The minimum atomic E-state index is -2.55. The van der Waals surface area contributed by atoms with Crippen molar-refractivity contribution in [2.24, 2.45) is 0 Å². The van der Waals surface area contributed by atoms with E-state index in [1.54, 1.807) is 18.2 Å². The Balaban J connectivity index is 2.63. The third-order valence-corrected chi connectivity index (χ3v) is 3.34. The topological polar surface area (TPSA) is 0 Å². The van der Waals surface area contributed by atoms with Crippen molar-refractivity contribution in [1.82, 2.24) is 0 Å². The van der Waals surface area contributed by atoms with Gasteiger partial charge in [-0.2, -0.15) is 0 Å². The monoisotopic (exact) mass is 316 g/mol. The first-order valence-electron chi connectivity index (χ1n) is 4.92. The number of rotatable bonds is 2. The van der Waals surface area contributed by atoms with Crippen molar-refractivity contribution in [3.63, 3.8) is 0 Å². The molecule has 17 heavy (non-hydrogen) atoms. The average molecular weight is 318 g/mol. The highest BCUT2D eigenvalue weighted by Gasteiger charge is 2.16. The molecule has 0 amide bonds. The lowest BCUT2D eigenvalue weighted by molar-refractivity contribution is 0.152. The number of benzene rings is 2. The lowest BCUT2D eigenvalue weighted by atomic mass is 10.00. The van der Waals surface area contributed by atoms with Gasteiger partial charge >= 0.3 is 0 Å². The van der Waals surface area contributed by atoms with Crippen LogP contribution in [0.25, 0.3) is 11.1 Å². The molecule has 0 saturated carbocycles. The summed E-state index contributed by atoms with van der Waals surface area (Å²) in [6, 6.07) is 11.8. The molecule has 0 heterocycles. The van der Waals surface area contributed by atoms with Gasteiger partial charge in [-0.15, -0.1) is 0 Å². The summed E-state index contributed by atoms with van der Waals surface area (Å²) in [7, 11) is 0. The SMILES string of the molecule is FC(F)c1cc(Cl)ccc1-c1ccccc1Br. The van der Waals surface area contributed by atoms with Gasteiger partial charge in [-0.25, -0.2) is 8.78 Å². The second-order valence-corrected chi connectivity index (χ2v) is 4.80. The van der Waals surface area contributed by atoms with Crippen molar-refractivity contribution in [1.29, 1.82) is 0 Å². The first kappa shape index (κ1) is 12.5. The van der Waals surface area contributed by atoms with E-state index in [4.69, 9.17) is 11.6 Å². The Morgan fingerprint density at radius 1 is 1.00 bits per heavy atom. The zero-order chi connectivity index (χ0) is 12.4. The molecule has 0 aromatic heterocycles. The lowest BCUT2D eigenvalue weighted by Crippen LogP contribution is -1.91. The smallest absolute Gasteiger partial charge is 0.205 e. The molecule has 4 heteroatoms. The standard InChI is InChI=1S/C13H8BrClF2/c14-12-4-2-1-3-10(12)9-6-5-8(15)7-11(9)13(16)17/h1-7,13H. The fourth-order valence-corrected chi connectivity index (χ4v) is 2.32. The van der Waals surface area contributed by atoms with E-state index >= 15 is 0 Å². The van der Waals surface area contributed by atoms with Crippen molar-refractivity contribution in [3.05, 3.63) is 57.5 Å². The first-order chi connectivity index (χ1) is 8.09. The third kappa shape index (κ3) is 2.67. The molecular weight excluding hydrogens is 309 g/mol. The normalized spacial score (nSPS) is 10.9. The van der Waals surface area contributed by atoms with Gasteiger partial charge in [0.15, 0.2) is 0 Å². The molecule has 0 bridgehead atoms. The summed E-state index contributed by atoms with van der Waals surface area (Å²) in [4.78, 5) is 0. The van der Waals surface area contributed by atoms with Gasteiger partial charge in [0.1, 0.15) is 0 Å².